The van der Waals surface area contributed by atoms with E-state index in [1.165, 1.54) is 5.39 Å². The molecule has 50 valence electrons. The first kappa shape index (κ1) is 6.02. The van der Waals surface area contributed by atoms with Gasteiger partial charge in [-0.05, 0) is 0 Å². The van der Waals surface area contributed by atoms with E-state index in [9.17, 15) is 5.11 Å². The molecule has 0 saturated carbocycles. The van der Waals surface area contributed by atoms with Crippen molar-refractivity contribution < 1.29 is 5.11 Å². The van der Waals surface area contributed by atoms with Gasteiger partial charge in [-0.3, -0.25) is 0 Å². The van der Waals surface area contributed by atoms with E-state index in [0.717, 1.165) is 4.26 Å². The van der Waals surface area contributed by atoms with Crippen molar-refractivity contribution in [1.82, 2.24) is 0 Å². The van der Waals surface area contributed by atoms with E-state index in [0.29, 0.717) is 20.3 Å². The van der Waals surface area contributed by atoms with E-state index < -0.39 is 0 Å². The second kappa shape index (κ2) is 2.15. The van der Waals surface area contributed by atoms with Gasteiger partial charge in [-0.25, -0.2) is 0 Å². The molecule has 2 aromatic rings. The van der Waals surface area contributed by atoms with Crippen LogP contribution in [0.5, 0.6) is 5.75 Å². The molecule has 0 aliphatic heterocycles. The van der Waals surface area contributed by atoms with Gasteiger partial charge in [0, 0.05) is 0 Å². The van der Waals surface area contributed by atoms with E-state index in [1.807, 2.05) is 12.1 Å². The molecule has 1 N–H and O–H groups in total. The van der Waals surface area contributed by atoms with E-state index in [4.69, 9.17) is 0 Å². The summed E-state index contributed by atoms with van der Waals surface area (Å²) in [6, 6.07) is 7.71. The molecule has 1 aromatic heterocycles. The van der Waals surface area contributed by atoms with E-state index in [2.05, 4.69) is 11.0 Å². The van der Waals surface area contributed by atoms with Crippen LogP contribution in [0.3, 0.4) is 0 Å². The summed E-state index contributed by atoms with van der Waals surface area (Å²) in [5.74, 6) is 0.447. The third kappa shape index (κ3) is 0.772. The number of hydrogen-bond acceptors (Lipinski definition) is 1. The average molecular weight is 197 g/mol. The van der Waals surface area contributed by atoms with Gasteiger partial charge in [-0.15, -0.1) is 0 Å². The van der Waals surface area contributed by atoms with E-state index in [-0.39, 0.29) is 0 Å². The summed E-state index contributed by atoms with van der Waals surface area (Å²) in [5.41, 5.74) is 0. The number of hydrogen-bond donors (Lipinski definition) is 1. The molecule has 0 atom stereocenters. The quantitative estimate of drug-likeness (QED) is 0.636. The first-order valence-corrected chi connectivity index (χ1v) is 4.88. The number of phenols is 1. The van der Waals surface area contributed by atoms with Crippen LogP contribution >= 0.6 is 0 Å². The van der Waals surface area contributed by atoms with Crippen LogP contribution in [0, 0.1) is 0 Å². The Morgan fingerprint density at radius 1 is 1.20 bits per heavy atom. The Bertz CT molecular complexity index is 351. The van der Waals surface area contributed by atoms with Gasteiger partial charge in [0.05, 0.1) is 0 Å². The van der Waals surface area contributed by atoms with Gasteiger partial charge in [0.25, 0.3) is 0 Å². The van der Waals surface area contributed by atoms with Crippen LogP contribution in [0.15, 0.2) is 29.2 Å². The summed E-state index contributed by atoms with van der Waals surface area (Å²) in [6.07, 6.45) is 0. The summed E-state index contributed by atoms with van der Waals surface area (Å²) in [4.78, 5) is 2.12. The van der Waals surface area contributed by atoms with Crippen molar-refractivity contribution in [2.24, 2.45) is 0 Å². The topological polar surface area (TPSA) is 20.2 Å². The van der Waals surface area contributed by atoms with Crippen LogP contribution in [-0.4, -0.2) is 19.6 Å². The van der Waals surface area contributed by atoms with Crippen LogP contribution in [0.1, 0.15) is 0 Å². The molecular weight excluding hydrogens is 191 g/mol. The molecule has 0 bridgehead atoms. The molecule has 0 amide bonds. The number of rotatable bonds is 0. The minimum absolute atomic E-state index is 0.362. The van der Waals surface area contributed by atoms with Crippen LogP contribution < -0.4 is 0 Å². The zero-order valence-corrected chi connectivity index (χ0v) is 6.96. The fourth-order valence-electron chi connectivity index (χ4n) is 0.977. The number of aromatic hydroxyl groups is 1. The van der Waals surface area contributed by atoms with E-state index in [1.54, 1.807) is 6.07 Å². The predicted octanol–water partition coefficient (Wildman–Crippen LogP) is 1.60. The van der Waals surface area contributed by atoms with Gasteiger partial charge in [0.2, 0.25) is 0 Å². The first-order valence-electron chi connectivity index (χ1n) is 3.03. The normalized spacial score (nSPS) is 10.4. The van der Waals surface area contributed by atoms with Crippen molar-refractivity contribution >= 4 is 24.1 Å². The molecular formula is C8H6OSe. The Morgan fingerprint density at radius 2 is 2.10 bits per heavy atom. The van der Waals surface area contributed by atoms with Crippen LogP contribution in [-0.2, 0) is 0 Å². The molecule has 10 heavy (non-hydrogen) atoms. The monoisotopic (exact) mass is 198 g/mol. The van der Waals surface area contributed by atoms with Gasteiger partial charge < -0.3 is 0 Å². The molecule has 1 aromatic carbocycles. The molecule has 1 nitrogen and oxygen atoms in total. The Kier molecular flexibility index (Phi) is 1.30. The Morgan fingerprint density at radius 3 is 2.90 bits per heavy atom. The third-order valence-corrected chi connectivity index (χ3v) is 3.46. The van der Waals surface area contributed by atoms with Crippen molar-refractivity contribution in [3.8, 4) is 5.75 Å². The average Bonchev–Trinajstić information content (AvgIpc) is 2.36. The number of benzene rings is 1. The number of fused-ring (bicyclic) bond motifs is 1. The molecule has 0 fully saturated rings. The van der Waals surface area contributed by atoms with Crippen molar-refractivity contribution in [3.05, 3.63) is 29.2 Å². The maximum absolute atomic E-state index is 9.31. The third-order valence-electron chi connectivity index (χ3n) is 1.46. The maximum atomic E-state index is 9.31. The molecule has 0 unspecified atom stereocenters. The molecule has 0 radical (unpaired) electrons. The summed E-state index contributed by atoms with van der Waals surface area (Å²) >= 11 is 0.362. The van der Waals surface area contributed by atoms with Crippen molar-refractivity contribution in [2.45, 2.75) is 0 Å². The Balaban J connectivity index is 2.95. The number of phenolic OH excluding ortho intramolecular Hbond substituents is 1. The molecule has 0 saturated heterocycles. The summed E-state index contributed by atoms with van der Waals surface area (Å²) in [6.45, 7) is 0. The predicted molar refractivity (Wildman–Crippen MR) is 42.6 cm³/mol. The first-order chi connectivity index (χ1) is 4.88. The fourth-order valence-corrected chi connectivity index (χ4v) is 2.68. The zero-order valence-electron chi connectivity index (χ0n) is 5.24. The van der Waals surface area contributed by atoms with Crippen LogP contribution in [0.4, 0.5) is 0 Å². The second-order valence-electron chi connectivity index (χ2n) is 2.12. The van der Waals surface area contributed by atoms with Gasteiger partial charge >= 0.3 is 64.2 Å². The van der Waals surface area contributed by atoms with Gasteiger partial charge in [0.1, 0.15) is 0 Å². The van der Waals surface area contributed by atoms with Gasteiger partial charge in [-0.2, -0.15) is 0 Å². The van der Waals surface area contributed by atoms with Gasteiger partial charge in [0.15, 0.2) is 0 Å². The molecule has 0 spiro atoms. The molecule has 0 aliphatic rings. The molecule has 2 rings (SSSR count). The standard InChI is InChI=1S/C8H6OSe/c9-7-3-1-2-6-4-5-10-8(6)7/h1-5,9H. The SMILES string of the molecule is Oc1cccc2cc[se]c12. The Hall–Kier alpha value is -0.721. The van der Waals surface area contributed by atoms with E-state index >= 15 is 0 Å². The summed E-state index contributed by atoms with van der Waals surface area (Å²) < 4.78 is 1.12. The van der Waals surface area contributed by atoms with Crippen LogP contribution in [0.2, 0.25) is 0 Å². The second-order valence-corrected chi connectivity index (χ2v) is 4.04. The minimum atomic E-state index is 0.362. The van der Waals surface area contributed by atoms with Gasteiger partial charge in [-0.1, -0.05) is 0 Å². The van der Waals surface area contributed by atoms with Crippen LogP contribution in [0.25, 0.3) is 9.65 Å². The molecule has 0 aliphatic carbocycles. The fraction of sp³-hybridized carbons (Fsp3) is 0. The zero-order chi connectivity index (χ0) is 6.97. The van der Waals surface area contributed by atoms with Crippen molar-refractivity contribution in [1.29, 1.82) is 0 Å². The summed E-state index contributed by atoms with van der Waals surface area (Å²) in [5, 5.41) is 10.5. The van der Waals surface area contributed by atoms with Crippen molar-refractivity contribution in [3.63, 3.8) is 0 Å². The Labute approximate surface area is 64.7 Å². The van der Waals surface area contributed by atoms with Crippen molar-refractivity contribution in [2.75, 3.05) is 0 Å². The molecule has 2 heteroatoms. The summed E-state index contributed by atoms with van der Waals surface area (Å²) in [7, 11) is 0. The molecule has 1 heterocycles.